The first kappa shape index (κ1) is 22.0. The Kier molecular flexibility index (Phi) is 6.34. The molecule has 3 heterocycles. The second kappa shape index (κ2) is 9.51. The van der Waals surface area contributed by atoms with Crippen molar-refractivity contribution in [2.24, 2.45) is 0 Å². The number of aromatic nitrogens is 5. The minimum Gasteiger partial charge on any atom is -0.494 e. The van der Waals surface area contributed by atoms with Crippen LogP contribution in [0.1, 0.15) is 30.5 Å². The lowest BCUT2D eigenvalue weighted by molar-refractivity contribution is 0.116. The summed E-state index contributed by atoms with van der Waals surface area (Å²) in [5.41, 5.74) is 1.59. The topological polar surface area (TPSA) is 95.9 Å². The van der Waals surface area contributed by atoms with Crippen LogP contribution in [0, 0.1) is 0 Å². The Morgan fingerprint density at radius 3 is 2.52 bits per heavy atom. The van der Waals surface area contributed by atoms with Crippen molar-refractivity contribution in [3.05, 3.63) is 88.9 Å². The van der Waals surface area contributed by atoms with Crippen molar-refractivity contribution in [1.29, 1.82) is 0 Å². The van der Waals surface area contributed by atoms with Gasteiger partial charge in [0, 0.05) is 18.0 Å². The Morgan fingerprint density at radius 1 is 1.09 bits per heavy atom. The van der Waals surface area contributed by atoms with Gasteiger partial charge in [0.25, 0.3) is 11.4 Å². The van der Waals surface area contributed by atoms with Crippen LogP contribution < -0.4 is 5.56 Å². The summed E-state index contributed by atoms with van der Waals surface area (Å²) in [6.07, 6.45) is 0.0149. The Labute approximate surface area is 187 Å². The molecule has 0 aliphatic heterocycles. The average Bonchev–Trinajstić information content (AvgIpc) is 3.32. The lowest BCUT2D eigenvalue weighted by Gasteiger charge is -2.15. The molecule has 0 unspecified atom stereocenters. The van der Waals surface area contributed by atoms with Crippen molar-refractivity contribution < 1.29 is 17.9 Å². The van der Waals surface area contributed by atoms with Gasteiger partial charge < -0.3 is 9.15 Å². The first-order valence-electron chi connectivity index (χ1n) is 10.0. The van der Waals surface area contributed by atoms with Crippen LogP contribution in [-0.4, -0.2) is 31.3 Å². The van der Waals surface area contributed by atoms with Crippen LogP contribution in [0.15, 0.2) is 70.6 Å². The zero-order valence-corrected chi connectivity index (χ0v) is 17.6. The number of halogens is 2. The summed E-state index contributed by atoms with van der Waals surface area (Å²) < 4.78 is 37.2. The number of pyridine rings is 1. The maximum absolute atomic E-state index is 13.3. The van der Waals surface area contributed by atoms with E-state index in [2.05, 4.69) is 26.7 Å². The second-order valence-corrected chi connectivity index (χ2v) is 6.89. The molecule has 4 rings (SSSR count). The van der Waals surface area contributed by atoms with E-state index >= 15 is 0 Å². The zero-order chi connectivity index (χ0) is 23.4. The van der Waals surface area contributed by atoms with Gasteiger partial charge in [0.2, 0.25) is 5.89 Å². The van der Waals surface area contributed by atoms with E-state index in [-0.39, 0.29) is 29.3 Å². The average molecular weight is 451 g/mol. The van der Waals surface area contributed by atoms with Crippen LogP contribution in [0.4, 0.5) is 8.78 Å². The van der Waals surface area contributed by atoms with Gasteiger partial charge in [-0.2, -0.15) is 8.78 Å². The Hall–Kier alpha value is -4.21. The highest BCUT2D eigenvalue weighted by molar-refractivity contribution is 5.60. The quantitative estimate of drug-likeness (QED) is 0.368. The molecule has 0 radical (unpaired) electrons. The standard InChI is InChI=1S/C23H19F2N5O3/c1-3-32-14(2)18-12-27-20(15-7-5-4-6-8-15)30(23(18)31)13-17-10-9-16(11-26-17)21-28-29-22(33-21)19(24)25/h4-12,19H,2-3,13H2,1H3. The summed E-state index contributed by atoms with van der Waals surface area (Å²) in [7, 11) is 0. The van der Waals surface area contributed by atoms with Crippen molar-refractivity contribution in [3.8, 4) is 22.8 Å². The number of hydrogen-bond acceptors (Lipinski definition) is 7. The minimum absolute atomic E-state index is 0.0665. The highest BCUT2D eigenvalue weighted by Gasteiger charge is 2.18. The van der Waals surface area contributed by atoms with E-state index < -0.39 is 12.3 Å². The predicted molar refractivity (Wildman–Crippen MR) is 116 cm³/mol. The first-order valence-corrected chi connectivity index (χ1v) is 10.0. The molecular weight excluding hydrogens is 432 g/mol. The number of hydrogen-bond donors (Lipinski definition) is 0. The normalized spacial score (nSPS) is 11.0. The monoisotopic (exact) mass is 451 g/mol. The molecule has 0 N–H and O–H groups in total. The van der Waals surface area contributed by atoms with E-state index in [1.165, 1.54) is 17.0 Å². The van der Waals surface area contributed by atoms with Gasteiger partial charge in [-0.3, -0.25) is 14.3 Å². The zero-order valence-electron chi connectivity index (χ0n) is 17.6. The fourth-order valence-electron chi connectivity index (χ4n) is 3.15. The molecule has 4 aromatic rings. The van der Waals surface area contributed by atoms with E-state index in [0.717, 1.165) is 5.56 Å². The van der Waals surface area contributed by atoms with Crippen molar-refractivity contribution in [2.75, 3.05) is 6.61 Å². The van der Waals surface area contributed by atoms with E-state index in [0.29, 0.717) is 23.7 Å². The molecule has 0 aliphatic rings. The molecule has 0 spiro atoms. The first-order chi connectivity index (χ1) is 16.0. The lowest BCUT2D eigenvalue weighted by Crippen LogP contribution is -2.27. The Bertz CT molecular complexity index is 1320. The number of alkyl halides is 2. The van der Waals surface area contributed by atoms with E-state index in [1.54, 1.807) is 19.1 Å². The fraction of sp³-hybridized carbons (Fsp3) is 0.174. The van der Waals surface area contributed by atoms with E-state index in [1.807, 2.05) is 30.3 Å². The molecule has 8 nitrogen and oxygen atoms in total. The van der Waals surface area contributed by atoms with Gasteiger partial charge >= 0.3 is 6.43 Å². The van der Waals surface area contributed by atoms with Crippen molar-refractivity contribution in [1.82, 2.24) is 24.7 Å². The molecule has 0 fully saturated rings. The second-order valence-electron chi connectivity index (χ2n) is 6.89. The van der Waals surface area contributed by atoms with E-state index in [4.69, 9.17) is 9.15 Å². The molecule has 0 aliphatic carbocycles. The van der Waals surface area contributed by atoms with Crippen molar-refractivity contribution in [2.45, 2.75) is 19.9 Å². The SMILES string of the molecule is C=C(OCC)c1cnc(-c2ccccc2)n(Cc2ccc(-c3nnc(C(F)F)o3)cn2)c1=O. The summed E-state index contributed by atoms with van der Waals surface area (Å²) in [6.45, 7) is 6.09. The van der Waals surface area contributed by atoms with Gasteiger partial charge in [0.05, 0.1) is 30.0 Å². The molecular formula is C23H19F2N5O3. The summed E-state index contributed by atoms with van der Waals surface area (Å²) in [5, 5.41) is 6.92. The highest BCUT2D eigenvalue weighted by Crippen LogP contribution is 2.23. The molecule has 33 heavy (non-hydrogen) atoms. The molecule has 1 aromatic carbocycles. The van der Waals surface area contributed by atoms with Gasteiger partial charge in [-0.15, -0.1) is 10.2 Å². The van der Waals surface area contributed by atoms with Gasteiger partial charge in [-0.1, -0.05) is 36.9 Å². The van der Waals surface area contributed by atoms with Crippen molar-refractivity contribution in [3.63, 3.8) is 0 Å². The lowest BCUT2D eigenvalue weighted by atomic mass is 10.2. The van der Waals surface area contributed by atoms with Gasteiger partial charge in [-0.25, -0.2) is 4.98 Å². The third kappa shape index (κ3) is 4.69. The van der Waals surface area contributed by atoms with Crippen LogP contribution in [0.25, 0.3) is 28.6 Å². The number of nitrogens with zero attached hydrogens (tertiary/aromatic N) is 5. The van der Waals surface area contributed by atoms with Crippen LogP contribution in [0.3, 0.4) is 0 Å². The largest absolute Gasteiger partial charge is 0.494 e. The Morgan fingerprint density at radius 2 is 1.88 bits per heavy atom. The maximum Gasteiger partial charge on any atom is 0.314 e. The number of benzene rings is 1. The van der Waals surface area contributed by atoms with Crippen LogP contribution in [0.2, 0.25) is 0 Å². The summed E-state index contributed by atoms with van der Waals surface area (Å²) in [4.78, 5) is 22.1. The van der Waals surface area contributed by atoms with Gasteiger partial charge in [0.15, 0.2) is 0 Å². The van der Waals surface area contributed by atoms with Crippen LogP contribution in [-0.2, 0) is 11.3 Å². The third-order valence-corrected chi connectivity index (χ3v) is 4.72. The highest BCUT2D eigenvalue weighted by atomic mass is 19.3. The third-order valence-electron chi connectivity index (χ3n) is 4.72. The molecule has 10 heteroatoms. The van der Waals surface area contributed by atoms with Crippen molar-refractivity contribution >= 4 is 5.76 Å². The molecule has 0 amide bonds. The fourth-order valence-corrected chi connectivity index (χ4v) is 3.15. The predicted octanol–water partition coefficient (Wildman–Crippen LogP) is 4.35. The smallest absolute Gasteiger partial charge is 0.314 e. The van der Waals surface area contributed by atoms with Crippen LogP contribution in [0.5, 0.6) is 0 Å². The Balaban J connectivity index is 1.70. The number of rotatable bonds is 8. The van der Waals surface area contributed by atoms with Gasteiger partial charge in [-0.05, 0) is 19.1 Å². The molecule has 3 aromatic heterocycles. The maximum atomic E-state index is 13.3. The molecule has 0 saturated carbocycles. The minimum atomic E-state index is -2.85. The molecule has 0 bridgehead atoms. The van der Waals surface area contributed by atoms with Gasteiger partial charge in [0.1, 0.15) is 11.6 Å². The molecule has 0 saturated heterocycles. The van der Waals surface area contributed by atoms with Crippen LogP contribution >= 0.6 is 0 Å². The molecule has 168 valence electrons. The number of ether oxygens (including phenoxy) is 1. The van der Waals surface area contributed by atoms with E-state index in [9.17, 15) is 13.6 Å². The summed E-state index contributed by atoms with van der Waals surface area (Å²) >= 11 is 0. The summed E-state index contributed by atoms with van der Waals surface area (Å²) in [6, 6.07) is 12.5. The summed E-state index contributed by atoms with van der Waals surface area (Å²) in [5.74, 6) is -0.135. The molecule has 0 atom stereocenters.